The van der Waals surface area contributed by atoms with Crippen molar-refractivity contribution in [1.29, 1.82) is 0 Å². The third kappa shape index (κ3) is 3.13. The highest BCUT2D eigenvalue weighted by atomic mass is 35.5. The summed E-state index contributed by atoms with van der Waals surface area (Å²) in [7, 11) is -3.87. The van der Waals surface area contributed by atoms with Gasteiger partial charge in [0.25, 0.3) is 5.69 Å². The summed E-state index contributed by atoms with van der Waals surface area (Å²) in [6.45, 7) is -0.0390. The van der Waals surface area contributed by atoms with Gasteiger partial charge >= 0.3 is 0 Å². The second-order valence-corrected chi connectivity index (χ2v) is 5.87. The molecule has 0 aliphatic carbocycles. The quantitative estimate of drug-likeness (QED) is 0.639. The van der Waals surface area contributed by atoms with Crippen LogP contribution in [0.3, 0.4) is 0 Å². The molecule has 20 heavy (non-hydrogen) atoms. The van der Waals surface area contributed by atoms with Crippen LogP contribution >= 0.6 is 11.6 Å². The number of nitrogens with one attached hydrogen (secondary N) is 2. The highest BCUT2D eigenvalue weighted by Gasteiger charge is 2.20. The number of nitro benzene ring substituents is 1. The Kier molecular flexibility index (Phi) is 4.02. The molecule has 0 spiro atoms. The first-order valence-electron chi connectivity index (χ1n) is 5.32. The van der Waals surface area contributed by atoms with Crippen molar-refractivity contribution in [3.05, 3.63) is 51.6 Å². The van der Waals surface area contributed by atoms with Gasteiger partial charge in [-0.15, -0.1) is 0 Å². The number of hydrogen-bond donors (Lipinski definition) is 2. The van der Waals surface area contributed by atoms with Gasteiger partial charge in [0.1, 0.15) is 10.7 Å². The van der Waals surface area contributed by atoms with Gasteiger partial charge in [-0.1, -0.05) is 11.6 Å². The molecule has 0 aliphatic rings. The molecule has 2 N–H and O–H groups in total. The van der Waals surface area contributed by atoms with Crippen LogP contribution in [-0.2, 0) is 16.6 Å². The molecular weight excluding hydrogens is 308 g/mol. The van der Waals surface area contributed by atoms with Crippen LogP contribution in [-0.4, -0.2) is 23.3 Å². The van der Waals surface area contributed by atoms with Crippen molar-refractivity contribution in [2.75, 3.05) is 0 Å². The lowest BCUT2D eigenvalue weighted by atomic mass is 10.3. The molecule has 1 aromatic carbocycles. The van der Waals surface area contributed by atoms with E-state index in [0.717, 1.165) is 18.2 Å². The van der Waals surface area contributed by atoms with Crippen molar-refractivity contribution in [1.82, 2.24) is 14.7 Å². The molecular formula is C10H9ClN4O4S. The van der Waals surface area contributed by atoms with E-state index in [4.69, 9.17) is 11.6 Å². The Bertz CT molecular complexity index is 730. The molecule has 1 heterocycles. The molecule has 10 heteroatoms. The maximum Gasteiger partial charge on any atom is 0.271 e. The van der Waals surface area contributed by atoms with Crippen LogP contribution in [0.4, 0.5) is 5.69 Å². The maximum absolute atomic E-state index is 12.0. The first kappa shape index (κ1) is 14.4. The molecule has 0 aliphatic heterocycles. The fourth-order valence-corrected chi connectivity index (χ4v) is 2.98. The number of nitro groups is 1. The van der Waals surface area contributed by atoms with Crippen LogP contribution in [0.2, 0.25) is 5.02 Å². The number of halogens is 1. The molecule has 2 rings (SSSR count). The van der Waals surface area contributed by atoms with E-state index in [1.165, 1.54) is 6.20 Å². The van der Waals surface area contributed by atoms with Crippen LogP contribution in [0.15, 0.2) is 35.5 Å². The van der Waals surface area contributed by atoms with Crippen molar-refractivity contribution < 1.29 is 13.3 Å². The van der Waals surface area contributed by atoms with E-state index in [2.05, 4.69) is 14.7 Å². The number of rotatable bonds is 5. The average Bonchev–Trinajstić information content (AvgIpc) is 2.89. The van der Waals surface area contributed by atoms with E-state index >= 15 is 0 Å². The Balaban J connectivity index is 2.23. The molecule has 2 aromatic rings. The van der Waals surface area contributed by atoms with Gasteiger partial charge < -0.3 is 4.98 Å². The topological polar surface area (TPSA) is 118 Å². The first-order chi connectivity index (χ1) is 9.40. The lowest BCUT2D eigenvalue weighted by molar-refractivity contribution is -0.384. The monoisotopic (exact) mass is 316 g/mol. The molecule has 0 amide bonds. The molecule has 8 nitrogen and oxygen atoms in total. The average molecular weight is 317 g/mol. The van der Waals surface area contributed by atoms with Gasteiger partial charge in [-0.05, 0) is 6.07 Å². The van der Waals surface area contributed by atoms with Gasteiger partial charge in [-0.25, -0.2) is 18.1 Å². The SMILES string of the molecule is O=[N+]([O-])c1ccc(S(=O)(=O)NCc2ncc[nH]2)c(Cl)c1. The van der Waals surface area contributed by atoms with Crippen molar-refractivity contribution in [2.45, 2.75) is 11.4 Å². The normalized spacial score (nSPS) is 11.4. The van der Waals surface area contributed by atoms with Crippen molar-refractivity contribution >= 4 is 27.3 Å². The zero-order valence-electron chi connectivity index (χ0n) is 9.91. The standard InChI is InChI=1S/C10H9ClN4O4S/c11-8-5-7(15(16)17)1-2-9(8)20(18,19)14-6-10-12-3-4-13-10/h1-5,14H,6H2,(H,12,13). The number of nitrogens with zero attached hydrogens (tertiary/aromatic N) is 2. The van der Waals surface area contributed by atoms with Crippen LogP contribution in [0.5, 0.6) is 0 Å². The number of hydrogen-bond acceptors (Lipinski definition) is 5. The highest BCUT2D eigenvalue weighted by molar-refractivity contribution is 7.89. The lowest BCUT2D eigenvalue weighted by Crippen LogP contribution is -2.24. The molecule has 0 fully saturated rings. The van der Waals surface area contributed by atoms with Gasteiger partial charge in [0.05, 0.1) is 16.5 Å². The van der Waals surface area contributed by atoms with E-state index in [-0.39, 0.29) is 22.2 Å². The predicted octanol–water partition coefficient (Wildman–Crippen LogP) is 1.45. The maximum atomic E-state index is 12.0. The minimum Gasteiger partial charge on any atom is -0.347 e. The van der Waals surface area contributed by atoms with E-state index in [9.17, 15) is 18.5 Å². The summed E-state index contributed by atoms with van der Waals surface area (Å²) in [5, 5.41) is 10.3. The van der Waals surface area contributed by atoms with Gasteiger partial charge in [-0.2, -0.15) is 0 Å². The van der Waals surface area contributed by atoms with Gasteiger partial charge in [0.15, 0.2) is 0 Å². The Morgan fingerprint density at radius 3 is 2.75 bits per heavy atom. The fourth-order valence-electron chi connectivity index (χ4n) is 1.46. The smallest absolute Gasteiger partial charge is 0.271 e. The molecule has 0 unspecified atom stereocenters. The van der Waals surface area contributed by atoms with E-state index in [0.29, 0.717) is 5.82 Å². The van der Waals surface area contributed by atoms with E-state index in [1.807, 2.05) is 0 Å². The summed E-state index contributed by atoms with van der Waals surface area (Å²) < 4.78 is 26.3. The fraction of sp³-hybridized carbons (Fsp3) is 0.100. The van der Waals surface area contributed by atoms with Gasteiger partial charge in [0.2, 0.25) is 10.0 Å². The summed E-state index contributed by atoms with van der Waals surface area (Å²) in [6, 6.07) is 3.15. The predicted molar refractivity (Wildman–Crippen MR) is 70.7 cm³/mol. The zero-order valence-corrected chi connectivity index (χ0v) is 11.5. The van der Waals surface area contributed by atoms with Crippen molar-refractivity contribution in [3.8, 4) is 0 Å². The zero-order chi connectivity index (χ0) is 14.8. The molecule has 0 radical (unpaired) electrons. The minimum absolute atomic E-state index is 0.0390. The number of non-ortho nitro benzene ring substituents is 1. The molecule has 106 valence electrons. The summed E-state index contributed by atoms with van der Waals surface area (Å²) in [5.74, 6) is 0.437. The Morgan fingerprint density at radius 1 is 1.45 bits per heavy atom. The van der Waals surface area contributed by atoms with Crippen molar-refractivity contribution in [3.63, 3.8) is 0 Å². The number of imidazole rings is 1. The van der Waals surface area contributed by atoms with Crippen LogP contribution in [0.25, 0.3) is 0 Å². The van der Waals surface area contributed by atoms with Crippen LogP contribution in [0, 0.1) is 10.1 Å². The lowest BCUT2D eigenvalue weighted by Gasteiger charge is -2.07. The third-order valence-electron chi connectivity index (χ3n) is 2.40. The molecule has 0 saturated carbocycles. The number of sulfonamides is 1. The largest absolute Gasteiger partial charge is 0.347 e. The Morgan fingerprint density at radius 2 is 2.20 bits per heavy atom. The Labute approximate surface area is 119 Å². The van der Waals surface area contributed by atoms with Crippen LogP contribution in [0.1, 0.15) is 5.82 Å². The summed E-state index contributed by atoms with van der Waals surface area (Å²) >= 11 is 5.77. The number of H-pyrrole nitrogens is 1. The van der Waals surface area contributed by atoms with E-state index in [1.54, 1.807) is 6.20 Å². The van der Waals surface area contributed by atoms with E-state index < -0.39 is 14.9 Å². The first-order valence-corrected chi connectivity index (χ1v) is 7.18. The van der Waals surface area contributed by atoms with Crippen LogP contribution < -0.4 is 4.72 Å². The molecule has 0 saturated heterocycles. The number of aromatic nitrogens is 2. The second kappa shape index (κ2) is 5.57. The molecule has 1 aromatic heterocycles. The van der Waals surface area contributed by atoms with Gasteiger partial charge in [-0.3, -0.25) is 10.1 Å². The highest BCUT2D eigenvalue weighted by Crippen LogP contribution is 2.26. The Hall–Kier alpha value is -1.97. The molecule has 0 atom stereocenters. The summed E-state index contributed by atoms with van der Waals surface area (Å²) in [6.07, 6.45) is 3.05. The second-order valence-electron chi connectivity index (χ2n) is 3.73. The summed E-state index contributed by atoms with van der Waals surface area (Å²) in [4.78, 5) is 16.3. The number of benzene rings is 1. The minimum atomic E-state index is -3.87. The number of aromatic amines is 1. The summed E-state index contributed by atoms with van der Waals surface area (Å²) in [5.41, 5.74) is -0.278. The third-order valence-corrected chi connectivity index (χ3v) is 4.28. The molecule has 0 bridgehead atoms. The van der Waals surface area contributed by atoms with Gasteiger partial charge in [0, 0.05) is 24.5 Å². The van der Waals surface area contributed by atoms with Crippen molar-refractivity contribution in [2.24, 2.45) is 0 Å².